The molecule has 1 heterocycles. The van der Waals surface area contributed by atoms with E-state index in [2.05, 4.69) is 15.5 Å². The SMILES string of the molecule is CCNC(=O)C1CNCCN1Cc1ccc(O)c(OC)c1. The summed E-state index contributed by atoms with van der Waals surface area (Å²) < 4.78 is 5.13. The molecule has 0 saturated carbocycles. The highest BCUT2D eigenvalue weighted by molar-refractivity contribution is 5.82. The summed E-state index contributed by atoms with van der Waals surface area (Å²) in [4.78, 5) is 14.3. The summed E-state index contributed by atoms with van der Waals surface area (Å²) in [6.45, 7) is 5.54. The number of rotatable bonds is 5. The molecule has 0 spiro atoms. The van der Waals surface area contributed by atoms with Crippen molar-refractivity contribution in [2.24, 2.45) is 0 Å². The maximum absolute atomic E-state index is 12.1. The van der Waals surface area contributed by atoms with E-state index in [1.54, 1.807) is 6.07 Å². The molecular formula is C15H23N3O3. The molecule has 2 rings (SSSR count). The number of benzene rings is 1. The number of carbonyl (C=O) groups excluding carboxylic acids is 1. The van der Waals surface area contributed by atoms with Crippen molar-refractivity contribution in [1.82, 2.24) is 15.5 Å². The summed E-state index contributed by atoms with van der Waals surface area (Å²) in [7, 11) is 1.53. The smallest absolute Gasteiger partial charge is 0.238 e. The number of hydrogen-bond donors (Lipinski definition) is 3. The second-order valence-corrected chi connectivity index (χ2v) is 5.09. The summed E-state index contributed by atoms with van der Waals surface area (Å²) >= 11 is 0. The Morgan fingerprint density at radius 1 is 1.57 bits per heavy atom. The van der Waals surface area contributed by atoms with Crippen LogP contribution in [0.5, 0.6) is 11.5 Å². The minimum Gasteiger partial charge on any atom is -0.504 e. The molecule has 1 atom stereocenters. The first kappa shape index (κ1) is 15.6. The number of ether oxygens (including phenoxy) is 1. The molecule has 1 fully saturated rings. The topological polar surface area (TPSA) is 73.8 Å². The maximum Gasteiger partial charge on any atom is 0.238 e. The van der Waals surface area contributed by atoms with E-state index >= 15 is 0 Å². The summed E-state index contributed by atoms with van der Waals surface area (Å²) in [6.07, 6.45) is 0. The lowest BCUT2D eigenvalue weighted by Gasteiger charge is -2.35. The first-order valence-electron chi connectivity index (χ1n) is 7.24. The molecular weight excluding hydrogens is 270 g/mol. The third-order valence-electron chi connectivity index (χ3n) is 3.64. The number of methoxy groups -OCH3 is 1. The Kier molecular flexibility index (Phi) is 5.41. The van der Waals surface area contributed by atoms with Gasteiger partial charge in [0, 0.05) is 32.7 Å². The number of likely N-dealkylation sites (N-methyl/N-ethyl adjacent to an activating group) is 1. The van der Waals surface area contributed by atoms with Gasteiger partial charge in [-0.1, -0.05) is 6.07 Å². The lowest BCUT2D eigenvalue weighted by Crippen LogP contribution is -2.57. The Hall–Kier alpha value is -1.79. The summed E-state index contributed by atoms with van der Waals surface area (Å²) in [5.74, 6) is 0.634. The molecule has 1 aromatic rings. The first-order chi connectivity index (χ1) is 10.2. The van der Waals surface area contributed by atoms with E-state index in [1.165, 1.54) is 7.11 Å². The second-order valence-electron chi connectivity index (χ2n) is 5.09. The zero-order chi connectivity index (χ0) is 15.2. The van der Waals surface area contributed by atoms with Crippen LogP contribution in [0.15, 0.2) is 18.2 Å². The highest BCUT2D eigenvalue weighted by Crippen LogP contribution is 2.27. The van der Waals surface area contributed by atoms with Crippen LogP contribution in [0.1, 0.15) is 12.5 Å². The van der Waals surface area contributed by atoms with Crippen molar-refractivity contribution < 1.29 is 14.6 Å². The van der Waals surface area contributed by atoms with Crippen LogP contribution in [0.25, 0.3) is 0 Å². The molecule has 1 aliphatic rings. The van der Waals surface area contributed by atoms with E-state index in [-0.39, 0.29) is 17.7 Å². The first-order valence-corrected chi connectivity index (χ1v) is 7.24. The fourth-order valence-electron chi connectivity index (χ4n) is 2.54. The summed E-state index contributed by atoms with van der Waals surface area (Å²) in [5, 5.41) is 15.8. The quantitative estimate of drug-likeness (QED) is 0.729. The standard InChI is InChI=1S/C15H23N3O3/c1-3-17-15(20)12-9-16-6-7-18(12)10-11-4-5-13(19)14(8-11)21-2/h4-5,8,12,16,19H,3,6-7,9-10H2,1-2H3,(H,17,20). The van der Waals surface area contributed by atoms with Crippen LogP contribution in [0.4, 0.5) is 0 Å². The van der Waals surface area contributed by atoms with Crippen LogP contribution in [0.2, 0.25) is 0 Å². The summed E-state index contributed by atoms with van der Waals surface area (Å²) in [5.41, 5.74) is 1.01. The molecule has 1 unspecified atom stereocenters. The van der Waals surface area contributed by atoms with Crippen molar-refractivity contribution in [2.75, 3.05) is 33.3 Å². The van der Waals surface area contributed by atoms with Gasteiger partial charge in [0.15, 0.2) is 11.5 Å². The van der Waals surface area contributed by atoms with Crippen LogP contribution in [-0.2, 0) is 11.3 Å². The van der Waals surface area contributed by atoms with Gasteiger partial charge in [0.2, 0.25) is 5.91 Å². The molecule has 6 nitrogen and oxygen atoms in total. The van der Waals surface area contributed by atoms with Crippen molar-refractivity contribution in [1.29, 1.82) is 0 Å². The van der Waals surface area contributed by atoms with Crippen LogP contribution < -0.4 is 15.4 Å². The molecule has 1 amide bonds. The molecule has 0 bridgehead atoms. The predicted octanol–water partition coefficient (Wildman–Crippen LogP) is 0.311. The van der Waals surface area contributed by atoms with Gasteiger partial charge in [-0.15, -0.1) is 0 Å². The molecule has 116 valence electrons. The third kappa shape index (κ3) is 3.86. The number of nitrogens with zero attached hydrogens (tertiary/aromatic N) is 1. The Bertz CT molecular complexity index is 493. The number of amides is 1. The van der Waals surface area contributed by atoms with Gasteiger partial charge in [0.05, 0.1) is 7.11 Å². The number of piperazine rings is 1. The van der Waals surface area contributed by atoms with Crippen molar-refractivity contribution in [3.8, 4) is 11.5 Å². The maximum atomic E-state index is 12.1. The van der Waals surface area contributed by atoms with E-state index in [0.29, 0.717) is 25.4 Å². The minimum atomic E-state index is -0.168. The Labute approximate surface area is 125 Å². The van der Waals surface area contributed by atoms with Crippen LogP contribution in [0.3, 0.4) is 0 Å². The Balaban J connectivity index is 2.10. The van der Waals surface area contributed by atoms with Gasteiger partial charge in [0.1, 0.15) is 6.04 Å². The number of hydrogen-bond acceptors (Lipinski definition) is 5. The highest BCUT2D eigenvalue weighted by atomic mass is 16.5. The van der Waals surface area contributed by atoms with Gasteiger partial charge in [-0.2, -0.15) is 0 Å². The van der Waals surface area contributed by atoms with Gasteiger partial charge < -0.3 is 20.5 Å². The average molecular weight is 293 g/mol. The molecule has 6 heteroatoms. The number of phenolic OH excluding ortho intramolecular Hbond substituents is 1. The largest absolute Gasteiger partial charge is 0.504 e. The van der Waals surface area contributed by atoms with E-state index < -0.39 is 0 Å². The molecule has 0 radical (unpaired) electrons. The van der Waals surface area contributed by atoms with Crippen LogP contribution >= 0.6 is 0 Å². The Morgan fingerprint density at radius 3 is 3.10 bits per heavy atom. The zero-order valence-electron chi connectivity index (χ0n) is 12.6. The normalized spacial score (nSPS) is 19.2. The van der Waals surface area contributed by atoms with Gasteiger partial charge in [-0.3, -0.25) is 9.69 Å². The lowest BCUT2D eigenvalue weighted by molar-refractivity contribution is -0.127. The minimum absolute atomic E-state index is 0.0513. The van der Waals surface area contributed by atoms with Gasteiger partial charge in [-0.05, 0) is 24.6 Å². The number of aromatic hydroxyl groups is 1. The molecule has 1 saturated heterocycles. The monoisotopic (exact) mass is 293 g/mol. The molecule has 1 aliphatic heterocycles. The predicted molar refractivity (Wildman–Crippen MR) is 80.4 cm³/mol. The van der Waals surface area contributed by atoms with Crippen molar-refractivity contribution in [3.05, 3.63) is 23.8 Å². The third-order valence-corrected chi connectivity index (χ3v) is 3.64. The van der Waals surface area contributed by atoms with Crippen LogP contribution in [0, 0.1) is 0 Å². The fraction of sp³-hybridized carbons (Fsp3) is 0.533. The van der Waals surface area contributed by atoms with Crippen molar-refractivity contribution >= 4 is 5.91 Å². The second kappa shape index (κ2) is 7.28. The average Bonchev–Trinajstić information content (AvgIpc) is 2.50. The highest BCUT2D eigenvalue weighted by Gasteiger charge is 2.28. The van der Waals surface area contributed by atoms with E-state index in [4.69, 9.17) is 4.74 Å². The van der Waals surface area contributed by atoms with Gasteiger partial charge in [0.25, 0.3) is 0 Å². The lowest BCUT2D eigenvalue weighted by atomic mass is 10.1. The number of phenols is 1. The van der Waals surface area contributed by atoms with E-state index in [0.717, 1.165) is 18.7 Å². The van der Waals surface area contributed by atoms with Gasteiger partial charge >= 0.3 is 0 Å². The zero-order valence-corrected chi connectivity index (χ0v) is 12.6. The fourth-order valence-corrected chi connectivity index (χ4v) is 2.54. The summed E-state index contributed by atoms with van der Waals surface area (Å²) in [6, 6.07) is 5.12. The molecule has 1 aromatic carbocycles. The van der Waals surface area contributed by atoms with Gasteiger partial charge in [-0.25, -0.2) is 0 Å². The Morgan fingerprint density at radius 2 is 2.38 bits per heavy atom. The van der Waals surface area contributed by atoms with E-state index in [1.807, 2.05) is 19.1 Å². The molecule has 0 aromatic heterocycles. The van der Waals surface area contributed by atoms with Crippen molar-refractivity contribution in [3.63, 3.8) is 0 Å². The van der Waals surface area contributed by atoms with E-state index in [9.17, 15) is 9.90 Å². The molecule has 0 aliphatic carbocycles. The number of nitrogens with one attached hydrogen (secondary N) is 2. The van der Waals surface area contributed by atoms with Crippen LogP contribution in [-0.4, -0.2) is 55.2 Å². The molecule has 21 heavy (non-hydrogen) atoms. The van der Waals surface area contributed by atoms with Crippen molar-refractivity contribution in [2.45, 2.75) is 19.5 Å². The number of carbonyl (C=O) groups is 1. The molecule has 3 N–H and O–H groups in total.